The molecular formula is C18H24O4S2. The van der Waals surface area contributed by atoms with Crippen LogP contribution in [0.2, 0.25) is 0 Å². The Balaban J connectivity index is 2.23. The summed E-state index contributed by atoms with van der Waals surface area (Å²) >= 11 is 2.99. The molecule has 0 atom stereocenters. The Kier molecular flexibility index (Phi) is 4.04. The van der Waals surface area contributed by atoms with Crippen LogP contribution in [0.5, 0.6) is 23.0 Å². The Bertz CT molecular complexity index is 773. The normalized spacial score (nSPS) is 14.9. The highest BCUT2D eigenvalue weighted by atomic mass is 32.1. The second-order valence-electron chi connectivity index (χ2n) is 8.07. The Labute approximate surface area is 150 Å². The van der Waals surface area contributed by atoms with E-state index in [1.165, 1.54) is 11.3 Å². The Hall–Kier alpha value is -1.40. The maximum Gasteiger partial charge on any atom is 0.181 e. The molecule has 3 rings (SSSR count). The van der Waals surface area contributed by atoms with Crippen molar-refractivity contribution in [3.63, 3.8) is 0 Å². The fraction of sp³-hybridized carbons (Fsp3) is 0.556. The van der Waals surface area contributed by atoms with Crippen LogP contribution in [0, 0.1) is 0 Å². The van der Waals surface area contributed by atoms with E-state index in [1.807, 2.05) is 20.8 Å². The number of hydrogen-bond donors (Lipinski definition) is 2. The number of aromatic hydroxyl groups is 2. The van der Waals surface area contributed by atoms with E-state index in [9.17, 15) is 10.2 Å². The molecule has 4 nitrogen and oxygen atoms in total. The quantitative estimate of drug-likeness (QED) is 0.721. The van der Waals surface area contributed by atoms with Gasteiger partial charge in [-0.25, -0.2) is 0 Å². The molecule has 3 heterocycles. The molecule has 0 aliphatic carbocycles. The number of hydrogen-bond acceptors (Lipinski definition) is 6. The first-order chi connectivity index (χ1) is 11.0. The van der Waals surface area contributed by atoms with Gasteiger partial charge in [0, 0.05) is 10.8 Å². The van der Waals surface area contributed by atoms with Gasteiger partial charge in [0.2, 0.25) is 0 Å². The van der Waals surface area contributed by atoms with E-state index in [-0.39, 0.29) is 22.3 Å². The van der Waals surface area contributed by atoms with E-state index in [0.717, 1.165) is 20.4 Å². The molecule has 0 saturated heterocycles. The average Bonchev–Trinajstić information content (AvgIpc) is 2.98. The Morgan fingerprint density at radius 2 is 1.21 bits per heavy atom. The van der Waals surface area contributed by atoms with E-state index in [0.29, 0.717) is 23.8 Å². The van der Waals surface area contributed by atoms with Crippen LogP contribution in [0.15, 0.2) is 0 Å². The molecule has 0 amide bonds. The second kappa shape index (κ2) is 5.56. The molecule has 0 unspecified atom stereocenters. The van der Waals surface area contributed by atoms with E-state index in [4.69, 9.17) is 9.47 Å². The summed E-state index contributed by atoms with van der Waals surface area (Å²) in [5, 5.41) is 20.9. The number of fused-ring (bicyclic) bond motifs is 1. The molecule has 1 aliphatic rings. The van der Waals surface area contributed by atoms with Gasteiger partial charge < -0.3 is 19.7 Å². The fourth-order valence-electron chi connectivity index (χ4n) is 2.67. The molecule has 2 N–H and O–H groups in total. The van der Waals surface area contributed by atoms with Gasteiger partial charge in [-0.15, -0.1) is 22.7 Å². The van der Waals surface area contributed by atoms with E-state index in [2.05, 4.69) is 20.8 Å². The summed E-state index contributed by atoms with van der Waals surface area (Å²) < 4.78 is 11.7. The summed E-state index contributed by atoms with van der Waals surface area (Å²) in [4.78, 5) is 3.35. The van der Waals surface area contributed by atoms with Crippen molar-refractivity contribution < 1.29 is 19.7 Å². The maximum atomic E-state index is 10.5. The molecular weight excluding hydrogens is 344 g/mol. The zero-order chi connectivity index (χ0) is 17.9. The highest BCUT2D eigenvalue weighted by molar-refractivity contribution is 7.23. The highest BCUT2D eigenvalue weighted by Crippen LogP contribution is 2.59. The van der Waals surface area contributed by atoms with Crippen molar-refractivity contribution in [3.8, 4) is 32.8 Å². The zero-order valence-corrected chi connectivity index (χ0v) is 16.6. The van der Waals surface area contributed by atoms with Crippen molar-refractivity contribution in [2.75, 3.05) is 13.2 Å². The van der Waals surface area contributed by atoms with Gasteiger partial charge in [0.05, 0.1) is 19.5 Å². The molecule has 132 valence electrons. The summed E-state index contributed by atoms with van der Waals surface area (Å²) in [5.41, 5.74) is -0.332. The second-order valence-corrected chi connectivity index (χ2v) is 10.1. The van der Waals surface area contributed by atoms with Crippen molar-refractivity contribution in [1.82, 2.24) is 0 Å². The van der Waals surface area contributed by atoms with Crippen molar-refractivity contribution in [3.05, 3.63) is 9.75 Å². The van der Waals surface area contributed by atoms with Crippen molar-refractivity contribution in [1.29, 1.82) is 0 Å². The van der Waals surface area contributed by atoms with Gasteiger partial charge in [0.15, 0.2) is 23.0 Å². The van der Waals surface area contributed by atoms with Gasteiger partial charge >= 0.3 is 0 Å². The molecule has 1 aliphatic heterocycles. The topological polar surface area (TPSA) is 58.9 Å². The Morgan fingerprint density at radius 1 is 0.708 bits per heavy atom. The third-order valence-electron chi connectivity index (χ3n) is 3.83. The summed E-state index contributed by atoms with van der Waals surface area (Å²) in [6.45, 7) is 13.5. The van der Waals surface area contributed by atoms with Gasteiger partial charge in [-0.05, 0) is 0 Å². The predicted molar refractivity (Wildman–Crippen MR) is 99.4 cm³/mol. The molecule has 0 aromatic carbocycles. The average molecular weight is 369 g/mol. The number of thiophene rings is 2. The van der Waals surface area contributed by atoms with Crippen LogP contribution in [-0.4, -0.2) is 23.4 Å². The van der Waals surface area contributed by atoms with Crippen LogP contribution in [0.25, 0.3) is 9.75 Å². The van der Waals surface area contributed by atoms with Crippen molar-refractivity contribution in [2.24, 2.45) is 0 Å². The first-order valence-electron chi connectivity index (χ1n) is 8.00. The minimum absolute atomic E-state index is 0.0290. The minimum atomic E-state index is -0.244. The SMILES string of the molecule is CC(C)(C)c1sc(-c2sc(C(C)(C)C)c3c2OCCO3)c(O)c1O. The maximum absolute atomic E-state index is 10.5. The van der Waals surface area contributed by atoms with Crippen LogP contribution in [-0.2, 0) is 10.8 Å². The van der Waals surface area contributed by atoms with Gasteiger partial charge in [0.25, 0.3) is 0 Å². The van der Waals surface area contributed by atoms with Crippen LogP contribution in [0.1, 0.15) is 51.3 Å². The summed E-state index contributed by atoms with van der Waals surface area (Å²) in [6.07, 6.45) is 0. The van der Waals surface area contributed by atoms with E-state index in [1.54, 1.807) is 11.3 Å². The lowest BCUT2D eigenvalue weighted by atomic mass is 9.93. The molecule has 2 aromatic heterocycles. The molecule has 0 radical (unpaired) electrons. The van der Waals surface area contributed by atoms with Crippen LogP contribution in [0.3, 0.4) is 0 Å². The number of ether oxygens (including phenoxy) is 2. The van der Waals surface area contributed by atoms with E-state index >= 15 is 0 Å². The largest absolute Gasteiger partial charge is 0.503 e. The minimum Gasteiger partial charge on any atom is -0.503 e. The number of rotatable bonds is 1. The monoisotopic (exact) mass is 368 g/mol. The molecule has 0 bridgehead atoms. The third kappa shape index (κ3) is 2.75. The smallest absolute Gasteiger partial charge is 0.181 e. The lowest BCUT2D eigenvalue weighted by molar-refractivity contribution is 0.171. The molecule has 0 spiro atoms. The van der Waals surface area contributed by atoms with Crippen LogP contribution >= 0.6 is 22.7 Å². The standard InChI is InChI=1S/C18H24O4S2/c1-17(2,3)15-10(20)9(19)13(23-15)14-11-12(22-8-7-21-11)16(24-14)18(4,5)6/h19-20H,7-8H2,1-6H3. The summed E-state index contributed by atoms with van der Waals surface area (Å²) in [7, 11) is 0. The lowest BCUT2D eigenvalue weighted by Gasteiger charge is -2.22. The van der Waals surface area contributed by atoms with Gasteiger partial charge in [-0.2, -0.15) is 0 Å². The predicted octanol–water partition coefficient (Wildman–Crippen LogP) is 5.25. The molecule has 0 fully saturated rings. The Morgan fingerprint density at radius 3 is 1.71 bits per heavy atom. The molecule has 0 saturated carbocycles. The van der Waals surface area contributed by atoms with Gasteiger partial charge in [0.1, 0.15) is 13.2 Å². The summed E-state index contributed by atoms with van der Waals surface area (Å²) in [6, 6.07) is 0. The molecule has 24 heavy (non-hydrogen) atoms. The summed E-state index contributed by atoms with van der Waals surface area (Å²) in [5.74, 6) is 1.37. The van der Waals surface area contributed by atoms with Crippen molar-refractivity contribution in [2.45, 2.75) is 52.4 Å². The third-order valence-corrected chi connectivity index (χ3v) is 7.16. The lowest BCUT2D eigenvalue weighted by Crippen LogP contribution is -2.18. The fourth-order valence-corrected chi connectivity index (χ4v) is 5.19. The first kappa shape index (κ1) is 17.4. The highest BCUT2D eigenvalue weighted by Gasteiger charge is 2.35. The first-order valence-corrected chi connectivity index (χ1v) is 9.63. The van der Waals surface area contributed by atoms with Crippen LogP contribution in [0.4, 0.5) is 0 Å². The van der Waals surface area contributed by atoms with Crippen LogP contribution < -0.4 is 9.47 Å². The van der Waals surface area contributed by atoms with Gasteiger partial charge in [-0.1, -0.05) is 41.5 Å². The molecule has 2 aromatic rings. The molecule has 6 heteroatoms. The van der Waals surface area contributed by atoms with E-state index < -0.39 is 0 Å². The van der Waals surface area contributed by atoms with Gasteiger partial charge in [-0.3, -0.25) is 0 Å². The zero-order valence-electron chi connectivity index (χ0n) is 14.9. The van der Waals surface area contributed by atoms with Crippen molar-refractivity contribution >= 4 is 22.7 Å².